The van der Waals surface area contributed by atoms with Crippen molar-refractivity contribution in [2.24, 2.45) is 5.92 Å². The van der Waals surface area contributed by atoms with Crippen LogP contribution in [-0.4, -0.2) is 33.8 Å². The van der Waals surface area contributed by atoms with Crippen molar-refractivity contribution in [3.63, 3.8) is 0 Å². The van der Waals surface area contributed by atoms with Crippen molar-refractivity contribution in [3.8, 4) is 11.4 Å². The second-order valence-corrected chi connectivity index (χ2v) is 6.28. The summed E-state index contributed by atoms with van der Waals surface area (Å²) in [5.41, 5.74) is 0.749. The lowest BCUT2D eigenvalue weighted by Crippen LogP contribution is -2.41. The van der Waals surface area contributed by atoms with E-state index in [1.54, 1.807) is 18.6 Å². The molecule has 7 heteroatoms. The van der Waals surface area contributed by atoms with E-state index in [0.717, 1.165) is 31.2 Å². The molecule has 0 bridgehead atoms. The molecule has 2 unspecified atom stereocenters. The van der Waals surface area contributed by atoms with Gasteiger partial charge in [-0.3, -0.25) is 4.79 Å². The summed E-state index contributed by atoms with van der Waals surface area (Å²) in [5, 5.41) is 16.4. The Bertz CT molecular complexity index is 638. The van der Waals surface area contributed by atoms with E-state index in [9.17, 15) is 9.90 Å². The van der Waals surface area contributed by atoms with Gasteiger partial charge < -0.3 is 19.4 Å². The standard InChI is InChI=1S/C17H23N3O4/c21-10-12-4-2-1-3-5-14(12)18-15(22)6-7-16-19-17(20-24-16)13-8-9-23-11-13/h8-9,11-12,14,21H,1-7,10H2,(H,18,22). The minimum Gasteiger partial charge on any atom is -0.472 e. The highest BCUT2D eigenvalue weighted by molar-refractivity contribution is 5.76. The lowest BCUT2D eigenvalue weighted by Gasteiger charge is -2.24. The van der Waals surface area contributed by atoms with Crippen LogP contribution in [0.25, 0.3) is 11.4 Å². The molecule has 2 heterocycles. The molecule has 1 saturated carbocycles. The number of carbonyl (C=O) groups is 1. The molecule has 1 fully saturated rings. The van der Waals surface area contributed by atoms with Gasteiger partial charge in [-0.15, -0.1) is 0 Å². The van der Waals surface area contributed by atoms with Gasteiger partial charge in [0.05, 0.1) is 11.8 Å². The van der Waals surface area contributed by atoms with Gasteiger partial charge in [0.1, 0.15) is 6.26 Å². The summed E-state index contributed by atoms with van der Waals surface area (Å²) >= 11 is 0. The quantitative estimate of drug-likeness (QED) is 0.787. The first kappa shape index (κ1) is 16.7. The van der Waals surface area contributed by atoms with Gasteiger partial charge >= 0.3 is 0 Å². The Morgan fingerprint density at radius 2 is 2.21 bits per heavy atom. The monoisotopic (exact) mass is 333 g/mol. The van der Waals surface area contributed by atoms with Crippen LogP contribution in [0, 0.1) is 5.92 Å². The van der Waals surface area contributed by atoms with Crippen LogP contribution in [0.5, 0.6) is 0 Å². The number of carbonyl (C=O) groups excluding carboxylic acids is 1. The van der Waals surface area contributed by atoms with E-state index in [1.165, 1.54) is 6.42 Å². The number of aromatic nitrogens is 2. The molecule has 7 nitrogen and oxygen atoms in total. The SMILES string of the molecule is O=C(CCc1nc(-c2ccoc2)no1)NC1CCCCCC1CO. The van der Waals surface area contributed by atoms with E-state index in [4.69, 9.17) is 8.94 Å². The van der Waals surface area contributed by atoms with E-state index in [0.29, 0.717) is 24.6 Å². The Balaban J connectivity index is 1.50. The molecule has 0 spiro atoms. The first-order chi connectivity index (χ1) is 11.8. The van der Waals surface area contributed by atoms with Crippen LogP contribution < -0.4 is 5.32 Å². The van der Waals surface area contributed by atoms with E-state index in [1.807, 2.05) is 0 Å². The largest absolute Gasteiger partial charge is 0.472 e. The summed E-state index contributed by atoms with van der Waals surface area (Å²) in [7, 11) is 0. The van der Waals surface area contributed by atoms with Gasteiger partial charge in [0, 0.05) is 31.4 Å². The van der Waals surface area contributed by atoms with Crippen molar-refractivity contribution in [1.29, 1.82) is 0 Å². The van der Waals surface area contributed by atoms with E-state index >= 15 is 0 Å². The van der Waals surface area contributed by atoms with Gasteiger partial charge in [0.25, 0.3) is 0 Å². The molecule has 1 amide bonds. The van der Waals surface area contributed by atoms with Gasteiger partial charge in [-0.1, -0.05) is 24.4 Å². The van der Waals surface area contributed by atoms with E-state index < -0.39 is 0 Å². The number of hydrogen-bond donors (Lipinski definition) is 2. The zero-order valence-corrected chi connectivity index (χ0v) is 13.6. The fraction of sp³-hybridized carbons (Fsp3) is 0.588. The summed E-state index contributed by atoms with van der Waals surface area (Å²) in [6.07, 6.45) is 9.07. The molecule has 1 aliphatic rings. The molecule has 2 aromatic heterocycles. The minimum atomic E-state index is -0.0385. The number of amides is 1. The molecule has 2 atom stereocenters. The van der Waals surface area contributed by atoms with Crippen LogP contribution in [0.2, 0.25) is 0 Å². The lowest BCUT2D eigenvalue weighted by molar-refractivity contribution is -0.122. The third-order valence-corrected chi connectivity index (χ3v) is 4.55. The number of aliphatic hydroxyl groups is 1. The number of rotatable bonds is 6. The third-order valence-electron chi connectivity index (χ3n) is 4.55. The highest BCUT2D eigenvalue weighted by Crippen LogP contribution is 2.23. The van der Waals surface area contributed by atoms with Crippen molar-refractivity contribution >= 4 is 5.91 Å². The maximum Gasteiger partial charge on any atom is 0.227 e. The summed E-state index contributed by atoms with van der Waals surface area (Å²) in [6, 6.07) is 1.82. The normalized spacial score (nSPS) is 21.4. The molecule has 3 rings (SSSR count). The predicted molar refractivity (Wildman–Crippen MR) is 85.9 cm³/mol. The van der Waals surface area contributed by atoms with Crippen LogP contribution in [-0.2, 0) is 11.2 Å². The van der Waals surface area contributed by atoms with Crippen LogP contribution in [0.4, 0.5) is 0 Å². The fourth-order valence-corrected chi connectivity index (χ4v) is 3.16. The molecule has 24 heavy (non-hydrogen) atoms. The number of hydrogen-bond acceptors (Lipinski definition) is 6. The first-order valence-corrected chi connectivity index (χ1v) is 8.51. The van der Waals surface area contributed by atoms with Crippen molar-refractivity contribution < 1.29 is 18.8 Å². The molecule has 2 N–H and O–H groups in total. The van der Waals surface area contributed by atoms with Gasteiger partial charge in [-0.05, 0) is 18.9 Å². The maximum absolute atomic E-state index is 12.2. The van der Waals surface area contributed by atoms with Crippen molar-refractivity contribution in [3.05, 3.63) is 24.5 Å². The van der Waals surface area contributed by atoms with E-state index in [-0.39, 0.29) is 24.5 Å². The Hall–Kier alpha value is -2.15. The van der Waals surface area contributed by atoms with Crippen LogP contribution >= 0.6 is 0 Å². The molecule has 2 aromatic rings. The second kappa shape index (κ2) is 8.10. The molecule has 0 saturated heterocycles. The average Bonchev–Trinajstić information content (AvgIpc) is 3.22. The second-order valence-electron chi connectivity index (χ2n) is 6.28. The summed E-state index contributed by atoms with van der Waals surface area (Å²) < 4.78 is 10.2. The van der Waals surface area contributed by atoms with Crippen molar-refractivity contribution in [2.45, 2.75) is 51.0 Å². The van der Waals surface area contributed by atoms with Gasteiger partial charge in [0.15, 0.2) is 0 Å². The summed E-state index contributed by atoms with van der Waals surface area (Å²) in [5.74, 6) is 1.01. The number of aliphatic hydroxyl groups excluding tert-OH is 1. The molecule has 1 aliphatic carbocycles. The Morgan fingerprint density at radius 1 is 1.33 bits per heavy atom. The van der Waals surface area contributed by atoms with Crippen LogP contribution in [0.3, 0.4) is 0 Å². The lowest BCUT2D eigenvalue weighted by atomic mass is 9.95. The maximum atomic E-state index is 12.2. The smallest absolute Gasteiger partial charge is 0.227 e. The molecule has 130 valence electrons. The highest BCUT2D eigenvalue weighted by Gasteiger charge is 2.24. The third kappa shape index (κ3) is 4.23. The highest BCUT2D eigenvalue weighted by atomic mass is 16.5. The van der Waals surface area contributed by atoms with Crippen LogP contribution in [0.15, 0.2) is 27.5 Å². The van der Waals surface area contributed by atoms with E-state index in [2.05, 4.69) is 15.5 Å². The van der Waals surface area contributed by atoms with Gasteiger partial charge in [-0.2, -0.15) is 4.98 Å². The zero-order valence-electron chi connectivity index (χ0n) is 13.6. The summed E-state index contributed by atoms with van der Waals surface area (Å²) in [6.45, 7) is 0.128. The minimum absolute atomic E-state index is 0.0385. The molecule has 0 radical (unpaired) electrons. The fourth-order valence-electron chi connectivity index (χ4n) is 3.16. The van der Waals surface area contributed by atoms with Gasteiger partial charge in [0.2, 0.25) is 17.6 Å². The predicted octanol–water partition coefficient (Wildman–Crippen LogP) is 2.32. The molecule has 0 aliphatic heterocycles. The first-order valence-electron chi connectivity index (χ1n) is 8.51. The number of furan rings is 1. The Morgan fingerprint density at radius 3 is 3.00 bits per heavy atom. The average molecular weight is 333 g/mol. The summed E-state index contributed by atoms with van der Waals surface area (Å²) in [4.78, 5) is 16.5. The molecular weight excluding hydrogens is 310 g/mol. The van der Waals surface area contributed by atoms with Gasteiger partial charge in [-0.25, -0.2) is 0 Å². The number of nitrogens with one attached hydrogen (secondary N) is 1. The zero-order chi connectivity index (χ0) is 16.8. The molecular formula is C17H23N3O4. The topological polar surface area (TPSA) is 101 Å². The number of nitrogens with zero attached hydrogens (tertiary/aromatic N) is 2. The number of aryl methyl sites for hydroxylation is 1. The van der Waals surface area contributed by atoms with Crippen molar-refractivity contribution in [1.82, 2.24) is 15.5 Å². The van der Waals surface area contributed by atoms with Crippen molar-refractivity contribution in [2.75, 3.05) is 6.61 Å². The Kier molecular flexibility index (Phi) is 5.63. The molecule has 0 aromatic carbocycles. The van der Waals surface area contributed by atoms with Crippen LogP contribution in [0.1, 0.15) is 44.4 Å². The Labute approximate surface area is 140 Å².